The molecule has 102 valence electrons. The van der Waals surface area contributed by atoms with Crippen LogP contribution in [-0.2, 0) is 4.79 Å². The molecule has 1 heterocycles. The summed E-state index contributed by atoms with van der Waals surface area (Å²) in [7, 11) is 1.79. The minimum absolute atomic E-state index is 0.245. The van der Waals surface area contributed by atoms with E-state index in [-0.39, 0.29) is 13.0 Å². The van der Waals surface area contributed by atoms with Crippen molar-refractivity contribution in [3.8, 4) is 0 Å². The second-order valence-corrected chi connectivity index (χ2v) is 4.52. The first-order chi connectivity index (χ1) is 8.95. The summed E-state index contributed by atoms with van der Waals surface area (Å²) in [6.07, 6.45) is -1.17. The number of anilines is 1. The lowest BCUT2D eigenvalue weighted by Crippen LogP contribution is -2.30. The minimum atomic E-state index is -1.01. The van der Waals surface area contributed by atoms with Crippen molar-refractivity contribution < 1.29 is 19.4 Å². The van der Waals surface area contributed by atoms with Crippen LogP contribution < -0.4 is 4.90 Å². The maximum Gasteiger partial charge on any atom is 0.306 e. The summed E-state index contributed by atoms with van der Waals surface area (Å²) in [5.74, 6) is -0.413. The molecule has 1 unspecified atom stereocenters. The third-order valence-corrected chi connectivity index (χ3v) is 2.81. The van der Waals surface area contributed by atoms with E-state index in [0.717, 1.165) is 11.2 Å². The van der Waals surface area contributed by atoms with Gasteiger partial charge in [0, 0.05) is 26.2 Å². The predicted octanol–water partition coefficient (Wildman–Crippen LogP) is 1.41. The van der Waals surface area contributed by atoms with Crippen molar-refractivity contribution in [2.24, 2.45) is 0 Å². The molecule has 0 saturated carbocycles. The van der Waals surface area contributed by atoms with E-state index in [1.165, 1.54) is 0 Å². The predicted molar refractivity (Wildman–Crippen MR) is 70.3 cm³/mol. The molecule has 0 spiro atoms. The van der Waals surface area contributed by atoms with Crippen LogP contribution in [0.1, 0.15) is 12.3 Å². The maximum absolute atomic E-state index is 10.5. The van der Waals surface area contributed by atoms with E-state index in [9.17, 15) is 9.90 Å². The number of fused-ring (bicyclic) bond motifs is 1. The number of aliphatic hydroxyl groups is 1. The molecule has 0 fully saturated rings. The zero-order valence-electron chi connectivity index (χ0n) is 10.8. The Morgan fingerprint density at radius 2 is 2.26 bits per heavy atom. The van der Waals surface area contributed by atoms with Crippen LogP contribution >= 0.6 is 0 Å². The highest BCUT2D eigenvalue weighted by Crippen LogP contribution is 2.22. The molecule has 6 nitrogen and oxygen atoms in total. The van der Waals surface area contributed by atoms with Gasteiger partial charge in [-0.3, -0.25) is 4.79 Å². The molecule has 2 aromatic rings. The van der Waals surface area contributed by atoms with Gasteiger partial charge in [0.2, 0.25) is 0 Å². The third-order valence-electron chi connectivity index (χ3n) is 2.81. The number of aliphatic hydroxyl groups excluding tert-OH is 1. The molecule has 0 aliphatic heterocycles. The number of benzene rings is 1. The van der Waals surface area contributed by atoms with Crippen LogP contribution in [0.3, 0.4) is 0 Å². The number of carboxylic acids is 1. The number of aromatic nitrogens is 1. The molecule has 0 amide bonds. The highest BCUT2D eigenvalue weighted by atomic mass is 16.4. The first kappa shape index (κ1) is 13.4. The molecule has 2 N–H and O–H groups in total. The lowest BCUT2D eigenvalue weighted by atomic mass is 10.2. The fourth-order valence-corrected chi connectivity index (χ4v) is 1.96. The normalized spacial score (nSPS) is 12.6. The highest BCUT2D eigenvalue weighted by Gasteiger charge is 2.13. The van der Waals surface area contributed by atoms with Gasteiger partial charge in [0.15, 0.2) is 11.5 Å². The molecule has 1 atom stereocenters. The maximum atomic E-state index is 10.5. The highest BCUT2D eigenvalue weighted by molar-refractivity contribution is 5.77. The zero-order valence-corrected chi connectivity index (χ0v) is 10.8. The molecular formula is C13H16N2O4. The fourth-order valence-electron chi connectivity index (χ4n) is 1.96. The number of nitrogens with zero attached hydrogens (tertiary/aromatic N) is 2. The van der Waals surface area contributed by atoms with E-state index >= 15 is 0 Å². The summed E-state index contributed by atoms with van der Waals surface area (Å²) < 4.78 is 5.38. The average Bonchev–Trinajstić information content (AvgIpc) is 2.66. The van der Waals surface area contributed by atoms with Gasteiger partial charge in [0.05, 0.1) is 12.5 Å². The molecule has 1 aromatic carbocycles. The summed E-state index contributed by atoms with van der Waals surface area (Å²) in [6.45, 7) is 2.02. The third kappa shape index (κ3) is 3.23. The average molecular weight is 264 g/mol. The van der Waals surface area contributed by atoms with Crippen LogP contribution in [0.25, 0.3) is 11.1 Å². The number of carbonyl (C=O) groups is 1. The molecule has 0 saturated heterocycles. The summed E-state index contributed by atoms with van der Waals surface area (Å²) in [4.78, 5) is 16.5. The summed E-state index contributed by atoms with van der Waals surface area (Å²) >= 11 is 0. The van der Waals surface area contributed by atoms with E-state index in [0.29, 0.717) is 11.5 Å². The molecule has 0 aliphatic rings. The number of aryl methyl sites for hydroxylation is 1. The first-order valence-electron chi connectivity index (χ1n) is 5.94. The summed E-state index contributed by atoms with van der Waals surface area (Å²) in [5.41, 5.74) is 2.31. The number of carboxylic acid groups (broad SMARTS) is 1. The van der Waals surface area contributed by atoms with Crippen molar-refractivity contribution in [3.05, 3.63) is 24.1 Å². The molecule has 19 heavy (non-hydrogen) atoms. The van der Waals surface area contributed by atoms with Gasteiger partial charge in [-0.15, -0.1) is 0 Å². The molecule has 0 aliphatic carbocycles. The van der Waals surface area contributed by atoms with Gasteiger partial charge in [-0.05, 0) is 18.2 Å². The number of aliphatic carboxylic acids is 1. The first-order valence-corrected chi connectivity index (χ1v) is 5.94. The SMILES string of the molecule is Cc1nc2cc(N(C)CC(O)CC(=O)O)ccc2o1. The summed E-state index contributed by atoms with van der Waals surface area (Å²) in [5, 5.41) is 18.2. The quantitative estimate of drug-likeness (QED) is 0.849. The Bertz CT molecular complexity index is 593. The van der Waals surface area contributed by atoms with Crippen molar-refractivity contribution in [2.75, 3.05) is 18.5 Å². The Labute approximate surface area is 110 Å². The molecular weight excluding hydrogens is 248 g/mol. The Kier molecular flexibility index (Phi) is 3.71. The molecule has 1 aromatic heterocycles. The van der Waals surface area contributed by atoms with Gasteiger partial charge in [-0.2, -0.15) is 0 Å². The van der Waals surface area contributed by atoms with E-state index < -0.39 is 12.1 Å². The molecule has 0 radical (unpaired) electrons. The van der Waals surface area contributed by atoms with Crippen LogP contribution in [0.5, 0.6) is 0 Å². The Morgan fingerprint density at radius 3 is 2.95 bits per heavy atom. The molecule has 2 rings (SSSR count). The monoisotopic (exact) mass is 264 g/mol. The fraction of sp³-hybridized carbons (Fsp3) is 0.385. The second kappa shape index (κ2) is 5.27. The van der Waals surface area contributed by atoms with Crippen LogP contribution in [0.15, 0.2) is 22.6 Å². The second-order valence-electron chi connectivity index (χ2n) is 4.52. The smallest absolute Gasteiger partial charge is 0.306 e. The van der Waals surface area contributed by atoms with Crippen LogP contribution in [0.4, 0.5) is 5.69 Å². The van der Waals surface area contributed by atoms with Gasteiger partial charge < -0.3 is 19.5 Å². The van der Waals surface area contributed by atoms with Crippen molar-refractivity contribution in [1.29, 1.82) is 0 Å². The van der Waals surface area contributed by atoms with Crippen LogP contribution in [0, 0.1) is 6.92 Å². The van der Waals surface area contributed by atoms with Gasteiger partial charge in [-0.25, -0.2) is 4.98 Å². The Morgan fingerprint density at radius 1 is 1.53 bits per heavy atom. The van der Waals surface area contributed by atoms with Crippen LogP contribution in [0.2, 0.25) is 0 Å². The zero-order chi connectivity index (χ0) is 14.0. The number of rotatable bonds is 5. The van der Waals surface area contributed by atoms with E-state index in [1.807, 2.05) is 18.2 Å². The van der Waals surface area contributed by atoms with Crippen molar-refractivity contribution in [1.82, 2.24) is 4.98 Å². The van der Waals surface area contributed by atoms with Gasteiger partial charge in [0.1, 0.15) is 5.52 Å². The van der Waals surface area contributed by atoms with E-state index in [2.05, 4.69) is 4.98 Å². The van der Waals surface area contributed by atoms with Gasteiger partial charge in [-0.1, -0.05) is 0 Å². The van der Waals surface area contributed by atoms with E-state index in [4.69, 9.17) is 9.52 Å². The van der Waals surface area contributed by atoms with Crippen LogP contribution in [-0.4, -0.2) is 40.9 Å². The Balaban J connectivity index is 2.12. The van der Waals surface area contributed by atoms with Crippen molar-refractivity contribution >= 4 is 22.8 Å². The number of likely N-dealkylation sites (N-methyl/N-ethyl adjacent to an activating group) is 1. The van der Waals surface area contributed by atoms with Crippen molar-refractivity contribution in [2.45, 2.75) is 19.4 Å². The van der Waals surface area contributed by atoms with Gasteiger partial charge >= 0.3 is 5.97 Å². The largest absolute Gasteiger partial charge is 0.481 e. The Hall–Kier alpha value is -2.08. The van der Waals surface area contributed by atoms with Gasteiger partial charge in [0.25, 0.3) is 0 Å². The van der Waals surface area contributed by atoms with Crippen molar-refractivity contribution in [3.63, 3.8) is 0 Å². The minimum Gasteiger partial charge on any atom is -0.481 e. The van der Waals surface area contributed by atoms with E-state index in [1.54, 1.807) is 18.9 Å². The number of oxazole rings is 1. The number of hydrogen-bond donors (Lipinski definition) is 2. The number of hydrogen-bond acceptors (Lipinski definition) is 5. The molecule has 6 heteroatoms. The summed E-state index contributed by atoms with van der Waals surface area (Å²) in [6, 6.07) is 5.50. The molecule has 0 bridgehead atoms. The lowest BCUT2D eigenvalue weighted by molar-refractivity contribution is -0.139. The topological polar surface area (TPSA) is 86.8 Å². The lowest BCUT2D eigenvalue weighted by Gasteiger charge is -2.21. The standard InChI is InChI=1S/C13H16N2O4/c1-8-14-11-5-9(3-4-12(11)19-8)15(2)7-10(16)6-13(17)18/h3-5,10,16H,6-7H2,1-2H3,(H,17,18).